The molecule has 0 amide bonds. The zero-order chi connectivity index (χ0) is 11.7. The summed E-state index contributed by atoms with van der Waals surface area (Å²) >= 11 is 0. The number of piperidine rings is 1. The van der Waals surface area contributed by atoms with Crippen LogP contribution in [0.1, 0.15) is 25.3 Å². The van der Waals surface area contributed by atoms with E-state index in [1.807, 2.05) is 18.2 Å². The molecule has 1 unspecified atom stereocenters. The lowest BCUT2D eigenvalue weighted by molar-refractivity contribution is -0.230. The fourth-order valence-corrected chi connectivity index (χ4v) is 2.74. The van der Waals surface area contributed by atoms with Gasteiger partial charge in [-0.1, -0.05) is 18.2 Å². The van der Waals surface area contributed by atoms with Gasteiger partial charge in [0.05, 0.1) is 6.61 Å². The number of rotatable bonds is 1. The van der Waals surface area contributed by atoms with Gasteiger partial charge in [-0.15, -0.1) is 0 Å². The number of para-hydroxylation sites is 1. The quantitative estimate of drug-likeness (QED) is 0.807. The van der Waals surface area contributed by atoms with E-state index in [1.165, 1.54) is 0 Å². The first-order valence-electron chi connectivity index (χ1n) is 6.39. The van der Waals surface area contributed by atoms with Gasteiger partial charge in [-0.2, -0.15) is 0 Å². The molecule has 1 N–H and O–H groups in total. The highest BCUT2D eigenvalue weighted by Crippen LogP contribution is 2.38. The third-order valence-corrected chi connectivity index (χ3v) is 3.88. The van der Waals surface area contributed by atoms with Crippen LogP contribution in [0.5, 0.6) is 5.75 Å². The smallest absolute Gasteiger partial charge is 0.210 e. The largest absolute Gasteiger partial charge is 0.462 e. The molecular weight excluding hydrogens is 214 g/mol. The summed E-state index contributed by atoms with van der Waals surface area (Å²) in [4.78, 5) is 0. The van der Waals surface area contributed by atoms with Crippen molar-refractivity contribution in [2.24, 2.45) is 5.92 Å². The van der Waals surface area contributed by atoms with Gasteiger partial charge in [0, 0.05) is 18.4 Å². The lowest BCUT2D eigenvalue weighted by Crippen LogP contribution is -2.49. The molecule has 1 aromatic rings. The Bertz CT molecular complexity index is 401. The van der Waals surface area contributed by atoms with Gasteiger partial charge in [-0.3, -0.25) is 0 Å². The number of hydrogen-bond acceptors (Lipinski definition) is 3. The Morgan fingerprint density at radius 2 is 2.00 bits per heavy atom. The summed E-state index contributed by atoms with van der Waals surface area (Å²) in [5.41, 5.74) is 1.15. The molecule has 0 spiro atoms. The Morgan fingerprint density at radius 3 is 2.82 bits per heavy atom. The molecule has 0 aromatic heterocycles. The van der Waals surface area contributed by atoms with E-state index >= 15 is 0 Å². The van der Waals surface area contributed by atoms with Crippen molar-refractivity contribution in [1.29, 1.82) is 0 Å². The average Bonchev–Trinajstić information content (AvgIpc) is 2.40. The predicted octanol–water partition coefficient (Wildman–Crippen LogP) is 2.31. The molecule has 0 saturated carbocycles. The second-order valence-electron chi connectivity index (χ2n) is 5.04. The second-order valence-corrected chi connectivity index (χ2v) is 5.04. The fraction of sp³-hybridized carbons (Fsp3) is 0.571. The highest BCUT2D eigenvalue weighted by atomic mass is 16.7. The highest BCUT2D eigenvalue weighted by molar-refractivity contribution is 5.34. The van der Waals surface area contributed by atoms with Crippen LogP contribution in [0.15, 0.2) is 24.3 Å². The molecule has 3 nitrogen and oxygen atoms in total. The number of fused-ring (bicyclic) bond motifs is 1. The molecule has 1 fully saturated rings. The minimum atomic E-state index is -0.448. The first-order chi connectivity index (χ1) is 8.28. The summed E-state index contributed by atoms with van der Waals surface area (Å²) in [6, 6.07) is 8.15. The van der Waals surface area contributed by atoms with Gasteiger partial charge < -0.3 is 14.8 Å². The van der Waals surface area contributed by atoms with Crippen molar-refractivity contribution in [1.82, 2.24) is 5.32 Å². The summed E-state index contributed by atoms with van der Waals surface area (Å²) in [5.74, 6) is 1.02. The molecule has 3 heteroatoms. The summed E-state index contributed by atoms with van der Waals surface area (Å²) < 4.78 is 12.1. The van der Waals surface area contributed by atoms with Crippen molar-refractivity contribution < 1.29 is 9.47 Å². The molecule has 1 saturated heterocycles. The first kappa shape index (κ1) is 11.1. The summed E-state index contributed by atoms with van der Waals surface area (Å²) in [7, 11) is 0. The lowest BCUT2D eigenvalue weighted by Gasteiger charge is -2.42. The van der Waals surface area contributed by atoms with Crippen LogP contribution in [0.3, 0.4) is 0 Å². The van der Waals surface area contributed by atoms with Crippen LogP contribution in [-0.2, 0) is 11.3 Å². The molecular formula is C14H19NO2. The van der Waals surface area contributed by atoms with Crippen LogP contribution < -0.4 is 10.1 Å². The molecule has 92 valence electrons. The number of ether oxygens (including phenoxy) is 2. The Hall–Kier alpha value is -1.06. The number of benzene rings is 1. The van der Waals surface area contributed by atoms with Crippen molar-refractivity contribution in [3.63, 3.8) is 0 Å². The molecule has 0 radical (unpaired) electrons. The molecule has 2 heterocycles. The van der Waals surface area contributed by atoms with Gasteiger partial charge in [-0.05, 0) is 32.0 Å². The first-order valence-corrected chi connectivity index (χ1v) is 6.39. The van der Waals surface area contributed by atoms with E-state index in [0.29, 0.717) is 12.5 Å². The predicted molar refractivity (Wildman–Crippen MR) is 65.9 cm³/mol. The lowest BCUT2D eigenvalue weighted by atomic mass is 9.89. The summed E-state index contributed by atoms with van der Waals surface area (Å²) in [6.07, 6.45) is 2.25. The average molecular weight is 233 g/mol. The van der Waals surface area contributed by atoms with Crippen molar-refractivity contribution in [2.75, 3.05) is 13.1 Å². The third-order valence-electron chi connectivity index (χ3n) is 3.88. The van der Waals surface area contributed by atoms with E-state index < -0.39 is 5.79 Å². The summed E-state index contributed by atoms with van der Waals surface area (Å²) in [5, 5.41) is 3.38. The maximum absolute atomic E-state index is 6.11. The molecule has 17 heavy (non-hydrogen) atoms. The molecule has 1 aromatic carbocycles. The molecule has 2 aliphatic rings. The molecule has 1 atom stereocenters. The van der Waals surface area contributed by atoms with Gasteiger partial charge in [0.2, 0.25) is 5.79 Å². The highest BCUT2D eigenvalue weighted by Gasteiger charge is 2.40. The van der Waals surface area contributed by atoms with Crippen LogP contribution in [0, 0.1) is 5.92 Å². The molecule has 0 aliphatic carbocycles. The summed E-state index contributed by atoms with van der Waals surface area (Å²) in [6.45, 7) is 4.87. The normalized spacial score (nSPS) is 29.5. The van der Waals surface area contributed by atoms with E-state index in [0.717, 1.165) is 37.2 Å². The molecule has 2 aliphatic heterocycles. The Morgan fingerprint density at radius 1 is 1.24 bits per heavy atom. The second kappa shape index (κ2) is 4.31. The van der Waals surface area contributed by atoms with Crippen LogP contribution in [0.4, 0.5) is 0 Å². The minimum absolute atomic E-state index is 0.448. The Labute approximate surface area is 102 Å². The number of hydrogen-bond donors (Lipinski definition) is 1. The van der Waals surface area contributed by atoms with E-state index in [-0.39, 0.29) is 0 Å². The third kappa shape index (κ3) is 2.05. The maximum Gasteiger partial charge on any atom is 0.210 e. The van der Waals surface area contributed by atoms with Crippen molar-refractivity contribution >= 4 is 0 Å². The van der Waals surface area contributed by atoms with Gasteiger partial charge in [-0.25, -0.2) is 0 Å². The van der Waals surface area contributed by atoms with E-state index in [2.05, 4.69) is 18.3 Å². The van der Waals surface area contributed by atoms with E-state index in [4.69, 9.17) is 9.47 Å². The zero-order valence-corrected chi connectivity index (χ0v) is 10.2. The zero-order valence-electron chi connectivity index (χ0n) is 10.2. The monoisotopic (exact) mass is 233 g/mol. The van der Waals surface area contributed by atoms with Crippen LogP contribution in [-0.4, -0.2) is 18.9 Å². The van der Waals surface area contributed by atoms with Gasteiger partial charge in [0.25, 0.3) is 0 Å². The Balaban J connectivity index is 1.81. The minimum Gasteiger partial charge on any atom is -0.462 e. The van der Waals surface area contributed by atoms with E-state index in [9.17, 15) is 0 Å². The van der Waals surface area contributed by atoms with Gasteiger partial charge in [0.1, 0.15) is 5.75 Å². The van der Waals surface area contributed by atoms with Crippen molar-refractivity contribution in [3.05, 3.63) is 29.8 Å². The van der Waals surface area contributed by atoms with Crippen LogP contribution in [0.2, 0.25) is 0 Å². The SMILES string of the molecule is CC1(C2CCNCC2)OCc2ccccc2O1. The Kier molecular flexibility index (Phi) is 2.81. The van der Waals surface area contributed by atoms with Crippen LogP contribution in [0.25, 0.3) is 0 Å². The van der Waals surface area contributed by atoms with Gasteiger partial charge in [0.15, 0.2) is 0 Å². The van der Waals surface area contributed by atoms with Crippen molar-refractivity contribution in [3.8, 4) is 5.75 Å². The standard InChI is InChI=1S/C14H19NO2/c1-14(12-6-8-15-9-7-12)16-10-11-4-2-3-5-13(11)17-14/h2-5,12,15H,6-10H2,1H3. The maximum atomic E-state index is 6.11. The van der Waals surface area contributed by atoms with E-state index in [1.54, 1.807) is 0 Å². The number of nitrogens with one attached hydrogen (secondary N) is 1. The molecule has 3 rings (SSSR count). The fourth-order valence-electron chi connectivity index (χ4n) is 2.74. The molecule has 0 bridgehead atoms. The topological polar surface area (TPSA) is 30.5 Å². The van der Waals surface area contributed by atoms with Crippen LogP contribution >= 0.6 is 0 Å². The van der Waals surface area contributed by atoms with Crippen molar-refractivity contribution in [2.45, 2.75) is 32.2 Å². The van der Waals surface area contributed by atoms with Gasteiger partial charge >= 0.3 is 0 Å².